The molecule has 1 atom stereocenters. The van der Waals surface area contributed by atoms with Crippen LogP contribution in [0.2, 0.25) is 0 Å². The summed E-state index contributed by atoms with van der Waals surface area (Å²) in [6.07, 6.45) is 2.99. The number of para-hydroxylation sites is 1. The van der Waals surface area contributed by atoms with E-state index in [1.165, 1.54) is 11.0 Å². The predicted octanol–water partition coefficient (Wildman–Crippen LogP) is 3.80. The number of hydrogen-bond acceptors (Lipinski definition) is 4. The minimum absolute atomic E-state index is 0.149. The number of carbonyl (C=O) groups is 1. The third-order valence-electron chi connectivity index (χ3n) is 4.79. The van der Waals surface area contributed by atoms with Crippen molar-refractivity contribution in [2.75, 3.05) is 19.6 Å². The van der Waals surface area contributed by atoms with Crippen LogP contribution in [0.15, 0.2) is 58.7 Å². The second-order valence-corrected chi connectivity index (χ2v) is 7.45. The second kappa shape index (κ2) is 9.48. The van der Waals surface area contributed by atoms with Gasteiger partial charge in [0.05, 0.1) is 6.04 Å². The van der Waals surface area contributed by atoms with Crippen molar-refractivity contribution in [3.05, 3.63) is 74.7 Å². The molecule has 1 unspecified atom stereocenters. The molecular weight excluding hydrogens is 370 g/mol. The first-order chi connectivity index (χ1) is 13.6. The third kappa shape index (κ3) is 4.77. The molecule has 6 heteroatoms. The van der Waals surface area contributed by atoms with E-state index in [2.05, 4.69) is 40.5 Å². The van der Waals surface area contributed by atoms with Crippen LogP contribution in [0.5, 0.6) is 0 Å². The van der Waals surface area contributed by atoms with Gasteiger partial charge in [0.15, 0.2) is 0 Å². The van der Waals surface area contributed by atoms with Gasteiger partial charge in [-0.05, 0) is 48.1 Å². The Kier molecular flexibility index (Phi) is 6.79. The zero-order valence-corrected chi connectivity index (χ0v) is 17.0. The molecule has 0 spiro atoms. The zero-order chi connectivity index (χ0) is 19.9. The monoisotopic (exact) mass is 395 g/mol. The number of benzene rings is 1. The number of carbonyl (C=O) groups excluding carboxylic acids is 1. The highest BCUT2D eigenvalue weighted by molar-refractivity contribution is 7.10. The lowest BCUT2D eigenvalue weighted by atomic mass is 10.1. The van der Waals surface area contributed by atoms with Gasteiger partial charge >= 0.3 is 0 Å². The van der Waals surface area contributed by atoms with Gasteiger partial charge in [-0.25, -0.2) is 0 Å². The van der Waals surface area contributed by atoms with Crippen molar-refractivity contribution in [1.29, 1.82) is 0 Å². The number of rotatable bonds is 8. The van der Waals surface area contributed by atoms with Crippen molar-refractivity contribution in [1.82, 2.24) is 15.2 Å². The van der Waals surface area contributed by atoms with Gasteiger partial charge in [-0.1, -0.05) is 38.1 Å². The molecule has 0 radical (unpaired) electrons. The van der Waals surface area contributed by atoms with E-state index in [1.54, 1.807) is 23.5 Å². The van der Waals surface area contributed by atoms with Crippen molar-refractivity contribution < 1.29 is 4.79 Å². The molecule has 1 aromatic carbocycles. The molecule has 2 heterocycles. The van der Waals surface area contributed by atoms with Crippen LogP contribution in [0.3, 0.4) is 0 Å². The summed E-state index contributed by atoms with van der Waals surface area (Å²) in [6.45, 7) is 6.60. The van der Waals surface area contributed by atoms with E-state index in [1.807, 2.05) is 30.3 Å². The molecule has 0 saturated carbocycles. The smallest absolute Gasteiger partial charge is 0.255 e. The van der Waals surface area contributed by atoms with Gasteiger partial charge in [-0.15, -0.1) is 11.3 Å². The van der Waals surface area contributed by atoms with Crippen LogP contribution in [-0.4, -0.2) is 35.4 Å². The molecule has 5 nitrogen and oxygen atoms in total. The average molecular weight is 396 g/mol. The molecule has 0 saturated heterocycles. The van der Waals surface area contributed by atoms with E-state index in [4.69, 9.17) is 0 Å². The van der Waals surface area contributed by atoms with Crippen LogP contribution in [0, 0.1) is 0 Å². The van der Waals surface area contributed by atoms with E-state index in [0.29, 0.717) is 12.1 Å². The zero-order valence-electron chi connectivity index (χ0n) is 16.1. The maximum Gasteiger partial charge on any atom is 0.255 e. The first-order valence-electron chi connectivity index (χ1n) is 9.47. The quantitative estimate of drug-likeness (QED) is 0.570. The SMILES string of the molecule is CCN(CC)C(CNC(=O)/C=C/c1cc2ccccc2[nH]c1=O)c1cccs1. The summed E-state index contributed by atoms with van der Waals surface area (Å²) in [5.41, 5.74) is 1.04. The van der Waals surface area contributed by atoms with Crippen LogP contribution >= 0.6 is 11.3 Å². The first kappa shape index (κ1) is 20.0. The van der Waals surface area contributed by atoms with Crippen molar-refractivity contribution in [2.45, 2.75) is 19.9 Å². The lowest BCUT2D eigenvalue weighted by molar-refractivity contribution is -0.116. The van der Waals surface area contributed by atoms with Gasteiger partial charge in [-0.2, -0.15) is 0 Å². The minimum Gasteiger partial charge on any atom is -0.351 e. The molecule has 0 aliphatic carbocycles. The van der Waals surface area contributed by atoms with Crippen molar-refractivity contribution in [3.8, 4) is 0 Å². The molecule has 146 valence electrons. The Morgan fingerprint density at radius 3 is 2.71 bits per heavy atom. The number of amides is 1. The summed E-state index contributed by atoms with van der Waals surface area (Å²) < 4.78 is 0. The van der Waals surface area contributed by atoms with Crippen LogP contribution in [0.25, 0.3) is 17.0 Å². The van der Waals surface area contributed by atoms with Crippen molar-refractivity contribution in [2.24, 2.45) is 0 Å². The fourth-order valence-corrected chi connectivity index (χ4v) is 4.13. The maximum atomic E-state index is 12.3. The number of nitrogens with zero attached hydrogens (tertiary/aromatic N) is 1. The normalized spacial score (nSPS) is 12.7. The topological polar surface area (TPSA) is 65.2 Å². The Hall–Kier alpha value is -2.70. The number of aromatic amines is 1. The molecule has 3 rings (SSSR count). The molecule has 0 aliphatic rings. The highest BCUT2D eigenvalue weighted by atomic mass is 32.1. The van der Waals surface area contributed by atoms with E-state index in [-0.39, 0.29) is 17.5 Å². The predicted molar refractivity (Wildman–Crippen MR) is 117 cm³/mol. The molecule has 28 heavy (non-hydrogen) atoms. The number of hydrogen-bond donors (Lipinski definition) is 2. The first-order valence-corrected chi connectivity index (χ1v) is 10.4. The molecule has 0 aliphatic heterocycles. The number of fused-ring (bicyclic) bond motifs is 1. The van der Waals surface area contributed by atoms with Gasteiger partial charge in [0.2, 0.25) is 5.91 Å². The molecule has 0 bridgehead atoms. The lowest BCUT2D eigenvalue weighted by Gasteiger charge is -2.29. The lowest BCUT2D eigenvalue weighted by Crippen LogP contribution is -2.37. The number of thiophene rings is 1. The number of likely N-dealkylation sites (N-methyl/N-ethyl adjacent to an activating group) is 1. The van der Waals surface area contributed by atoms with Crippen LogP contribution in [0.1, 0.15) is 30.3 Å². The summed E-state index contributed by atoms with van der Waals surface area (Å²) in [7, 11) is 0. The minimum atomic E-state index is -0.207. The summed E-state index contributed by atoms with van der Waals surface area (Å²) in [5.74, 6) is -0.207. The number of nitrogens with one attached hydrogen (secondary N) is 2. The summed E-state index contributed by atoms with van der Waals surface area (Å²) in [5, 5.41) is 5.96. The van der Waals surface area contributed by atoms with E-state index in [9.17, 15) is 9.59 Å². The number of pyridine rings is 1. The fraction of sp³-hybridized carbons (Fsp3) is 0.273. The van der Waals surface area contributed by atoms with E-state index >= 15 is 0 Å². The van der Waals surface area contributed by atoms with Gasteiger partial charge in [-0.3, -0.25) is 14.5 Å². The Balaban J connectivity index is 1.69. The van der Waals surface area contributed by atoms with Gasteiger partial charge in [0.25, 0.3) is 5.56 Å². The fourth-order valence-electron chi connectivity index (χ4n) is 3.26. The van der Waals surface area contributed by atoms with E-state index < -0.39 is 0 Å². The Bertz CT molecular complexity index is 1000. The second-order valence-electron chi connectivity index (χ2n) is 6.47. The van der Waals surface area contributed by atoms with Gasteiger partial charge in [0, 0.05) is 28.6 Å². The van der Waals surface area contributed by atoms with Crippen LogP contribution in [-0.2, 0) is 4.79 Å². The Morgan fingerprint density at radius 2 is 2.00 bits per heavy atom. The standard InChI is InChI=1S/C22H25N3O2S/c1-3-25(4-2)19(20-10-7-13-28-20)15-23-21(26)12-11-17-14-16-8-5-6-9-18(16)24-22(17)27/h5-14,19H,3-4,15H2,1-2H3,(H,23,26)(H,24,27)/b12-11+. The molecule has 1 amide bonds. The summed E-state index contributed by atoms with van der Waals surface area (Å²) in [4.78, 5) is 30.9. The van der Waals surface area contributed by atoms with Crippen LogP contribution in [0.4, 0.5) is 0 Å². The molecular formula is C22H25N3O2S. The number of aromatic nitrogens is 1. The molecule has 3 aromatic rings. The van der Waals surface area contributed by atoms with Crippen molar-refractivity contribution >= 4 is 34.2 Å². The third-order valence-corrected chi connectivity index (χ3v) is 5.76. The molecule has 2 N–H and O–H groups in total. The average Bonchev–Trinajstić information content (AvgIpc) is 3.24. The van der Waals surface area contributed by atoms with E-state index in [0.717, 1.165) is 24.0 Å². The summed E-state index contributed by atoms with van der Waals surface area (Å²) >= 11 is 1.70. The Morgan fingerprint density at radius 1 is 1.21 bits per heavy atom. The molecule has 2 aromatic heterocycles. The number of H-pyrrole nitrogens is 1. The molecule has 0 fully saturated rings. The maximum absolute atomic E-state index is 12.3. The van der Waals surface area contributed by atoms with Crippen molar-refractivity contribution in [3.63, 3.8) is 0 Å². The van der Waals surface area contributed by atoms with Crippen LogP contribution < -0.4 is 10.9 Å². The van der Waals surface area contributed by atoms with Gasteiger partial charge < -0.3 is 10.3 Å². The highest BCUT2D eigenvalue weighted by Gasteiger charge is 2.19. The summed E-state index contributed by atoms with van der Waals surface area (Å²) in [6, 6.07) is 13.7. The Labute approximate surface area is 168 Å². The largest absolute Gasteiger partial charge is 0.351 e. The van der Waals surface area contributed by atoms with Gasteiger partial charge in [0.1, 0.15) is 0 Å². The highest BCUT2D eigenvalue weighted by Crippen LogP contribution is 2.24.